The smallest absolute Gasteiger partial charge is 0.301 e. The Morgan fingerprint density at radius 3 is 2.50 bits per heavy atom. The standard InChI is InChI=1S/C25H16F2N2O4S/c1-33-15-9-6-13(7-10-15)22(30)20-21(16-4-2-3-5-17(16)27)29(24(32)23(20)31)25-28-18-11-8-14(26)12-19(18)34-25/h2-12,21,30H,1H3/t21-/m0/s1. The largest absolute Gasteiger partial charge is 0.507 e. The number of nitrogens with zero attached hydrogens (tertiary/aromatic N) is 2. The number of fused-ring (bicyclic) bond motifs is 1. The van der Waals surface area contributed by atoms with E-state index >= 15 is 0 Å². The molecule has 1 N–H and O–H groups in total. The Hall–Kier alpha value is -4.11. The summed E-state index contributed by atoms with van der Waals surface area (Å²) in [5.41, 5.74) is 0.421. The van der Waals surface area contributed by atoms with E-state index in [0.29, 0.717) is 16.0 Å². The molecule has 1 aliphatic heterocycles. The molecule has 34 heavy (non-hydrogen) atoms. The van der Waals surface area contributed by atoms with Crippen LogP contribution in [0.2, 0.25) is 0 Å². The highest BCUT2D eigenvalue weighted by atomic mass is 32.1. The SMILES string of the molecule is COc1ccc(C(O)=C2C(=O)C(=O)N(c3nc4ccc(F)cc4s3)[C@H]2c2ccccc2F)cc1. The van der Waals surface area contributed by atoms with Crippen molar-refractivity contribution in [2.24, 2.45) is 0 Å². The number of benzene rings is 3. The molecule has 9 heteroatoms. The average molecular weight is 478 g/mol. The number of aliphatic hydroxyl groups excluding tert-OH is 1. The highest BCUT2D eigenvalue weighted by Crippen LogP contribution is 2.45. The van der Waals surface area contributed by atoms with Gasteiger partial charge in [0, 0.05) is 11.1 Å². The molecule has 0 radical (unpaired) electrons. The number of aromatic nitrogens is 1. The molecule has 3 aromatic carbocycles. The number of carbonyl (C=O) groups is 2. The maximum atomic E-state index is 14.9. The topological polar surface area (TPSA) is 79.7 Å². The predicted molar refractivity (Wildman–Crippen MR) is 124 cm³/mol. The van der Waals surface area contributed by atoms with Gasteiger partial charge < -0.3 is 9.84 Å². The molecule has 0 unspecified atom stereocenters. The number of rotatable bonds is 4. The van der Waals surface area contributed by atoms with Gasteiger partial charge in [-0.2, -0.15) is 0 Å². The third-order valence-corrected chi connectivity index (χ3v) is 6.57. The molecule has 1 saturated heterocycles. The van der Waals surface area contributed by atoms with Crippen LogP contribution in [0.4, 0.5) is 13.9 Å². The number of ketones is 1. The molecule has 0 aliphatic carbocycles. The predicted octanol–water partition coefficient (Wildman–Crippen LogP) is 5.21. The third-order valence-electron chi connectivity index (χ3n) is 5.55. The maximum absolute atomic E-state index is 14.9. The van der Waals surface area contributed by atoms with E-state index in [1.165, 1.54) is 55.6 Å². The van der Waals surface area contributed by atoms with Crippen molar-refractivity contribution in [3.8, 4) is 5.75 Å². The summed E-state index contributed by atoms with van der Waals surface area (Å²) in [5, 5.41) is 11.2. The fourth-order valence-corrected chi connectivity index (χ4v) is 4.93. The van der Waals surface area contributed by atoms with Gasteiger partial charge in [-0.15, -0.1) is 0 Å². The summed E-state index contributed by atoms with van der Waals surface area (Å²) in [4.78, 5) is 31.8. The van der Waals surface area contributed by atoms with Crippen molar-refractivity contribution in [1.29, 1.82) is 0 Å². The van der Waals surface area contributed by atoms with Crippen LogP contribution in [-0.2, 0) is 9.59 Å². The monoisotopic (exact) mass is 478 g/mol. The first-order valence-electron chi connectivity index (χ1n) is 10.1. The van der Waals surface area contributed by atoms with Gasteiger partial charge in [-0.1, -0.05) is 29.5 Å². The lowest BCUT2D eigenvalue weighted by molar-refractivity contribution is -0.132. The molecule has 0 bridgehead atoms. The number of amides is 1. The second kappa shape index (κ2) is 8.35. The van der Waals surface area contributed by atoms with Crippen molar-refractivity contribution in [2.45, 2.75) is 6.04 Å². The molecule has 1 fully saturated rings. The van der Waals surface area contributed by atoms with Crippen LogP contribution < -0.4 is 9.64 Å². The van der Waals surface area contributed by atoms with Crippen LogP contribution in [0.5, 0.6) is 5.75 Å². The summed E-state index contributed by atoms with van der Waals surface area (Å²) >= 11 is 0.992. The summed E-state index contributed by atoms with van der Waals surface area (Å²) in [7, 11) is 1.49. The first kappa shape index (κ1) is 21.7. The van der Waals surface area contributed by atoms with Gasteiger partial charge in [0.2, 0.25) is 0 Å². The first-order valence-corrected chi connectivity index (χ1v) is 11.0. The number of thiazole rings is 1. The van der Waals surface area contributed by atoms with Gasteiger partial charge >= 0.3 is 5.91 Å². The van der Waals surface area contributed by atoms with E-state index in [2.05, 4.69) is 4.98 Å². The number of anilines is 1. The van der Waals surface area contributed by atoms with Crippen molar-refractivity contribution in [1.82, 2.24) is 4.98 Å². The van der Waals surface area contributed by atoms with E-state index < -0.39 is 35.1 Å². The van der Waals surface area contributed by atoms with E-state index in [4.69, 9.17) is 4.74 Å². The zero-order valence-corrected chi connectivity index (χ0v) is 18.5. The molecule has 1 amide bonds. The summed E-state index contributed by atoms with van der Waals surface area (Å²) in [6.07, 6.45) is 0. The Morgan fingerprint density at radius 1 is 1.06 bits per heavy atom. The molecule has 0 saturated carbocycles. The lowest BCUT2D eigenvalue weighted by Crippen LogP contribution is -2.29. The number of aliphatic hydroxyl groups is 1. The fraction of sp³-hybridized carbons (Fsp3) is 0.0800. The first-order chi connectivity index (χ1) is 16.4. The summed E-state index contributed by atoms with van der Waals surface area (Å²) in [5.74, 6) is -3.01. The maximum Gasteiger partial charge on any atom is 0.301 e. The zero-order valence-electron chi connectivity index (χ0n) is 17.7. The van der Waals surface area contributed by atoms with Gasteiger partial charge in [-0.25, -0.2) is 13.8 Å². The second-order valence-corrected chi connectivity index (χ2v) is 8.54. The lowest BCUT2D eigenvalue weighted by atomic mass is 9.95. The Balaban J connectivity index is 1.73. The van der Waals surface area contributed by atoms with Gasteiger partial charge in [-0.3, -0.25) is 14.5 Å². The molecule has 5 rings (SSSR count). The number of carbonyl (C=O) groups excluding carboxylic acids is 2. The van der Waals surface area contributed by atoms with Crippen LogP contribution in [0.25, 0.3) is 16.0 Å². The molecular formula is C25H16F2N2O4S. The van der Waals surface area contributed by atoms with E-state index in [0.717, 1.165) is 16.2 Å². The van der Waals surface area contributed by atoms with Crippen molar-refractivity contribution in [3.63, 3.8) is 0 Å². The molecular weight excluding hydrogens is 462 g/mol. The Kier molecular flexibility index (Phi) is 5.33. The minimum Gasteiger partial charge on any atom is -0.507 e. The minimum atomic E-state index is -1.27. The lowest BCUT2D eigenvalue weighted by Gasteiger charge is -2.23. The van der Waals surface area contributed by atoms with Crippen LogP contribution in [0.15, 0.2) is 72.3 Å². The Morgan fingerprint density at radius 2 is 1.79 bits per heavy atom. The molecule has 4 aromatic rings. The Labute approximate surface area is 196 Å². The number of methoxy groups -OCH3 is 1. The fourth-order valence-electron chi connectivity index (χ4n) is 3.91. The number of Topliss-reactive ketones (excluding diaryl/α,β-unsaturated/α-hetero) is 1. The van der Waals surface area contributed by atoms with E-state index in [9.17, 15) is 23.5 Å². The van der Waals surface area contributed by atoms with Gasteiger partial charge in [0.1, 0.15) is 29.2 Å². The van der Waals surface area contributed by atoms with Crippen LogP contribution >= 0.6 is 11.3 Å². The summed E-state index contributed by atoms with van der Waals surface area (Å²) < 4.78 is 34.2. The van der Waals surface area contributed by atoms with E-state index in [1.54, 1.807) is 18.2 Å². The van der Waals surface area contributed by atoms with Gasteiger partial charge in [0.05, 0.1) is 22.9 Å². The molecule has 170 valence electrons. The molecule has 2 heterocycles. The zero-order chi connectivity index (χ0) is 24.0. The van der Waals surface area contributed by atoms with Crippen LogP contribution in [-0.4, -0.2) is 28.9 Å². The number of ether oxygens (including phenoxy) is 1. The number of halogens is 2. The quantitative estimate of drug-likeness (QED) is 0.248. The summed E-state index contributed by atoms with van der Waals surface area (Å²) in [6.45, 7) is 0. The number of hydrogen-bond acceptors (Lipinski definition) is 6. The highest BCUT2D eigenvalue weighted by molar-refractivity contribution is 7.22. The van der Waals surface area contributed by atoms with Crippen molar-refractivity contribution in [3.05, 3.63) is 95.1 Å². The van der Waals surface area contributed by atoms with Gasteiger partial charge in [0.25, 0.3) is 5.78 Å². The average Bonchev–Trinajstić information content (AvgIpc) is 3.36. The minimum absolute atomic E-state index is 0.0159. The van der Waals surface area contributed by atoms with E-state index in [-0.39, 0.29) is 21.8 Å². The highest BCUT2D eigenvalue weighted by Gasteiger charge is 2.49. The van der Waals surface area contributed by atoms with Crippen molar-refractivity contribution in [2.75, 3.05) is 12.0 Å². The second-order valence-electron chi connectivity index (χ2n) is 7.53. The van der Waals surface area contributed by atoms with Crippen molar-refractivity contribution < 1.29 is 28.2 Å². The number of hydrogen-bond donors (Lipinski definition) is 1. The van der Waals surface area contributed by atoms with E-state index in [1.807, 2.05) is 0 Å². The normalized spacial score (nSPS) is 17.5. The van der Waals surface area contributed by atoms with Gasteiger partial charge in [0.15, 0.2) is 5.13 Å². The van der Waals surface area contributed by atoms with Crippen molar-refractivity contribution >= 4 is 44.1 Å². The third kappa shape index (κ3) is 3.50. The summed E-state index contributed by atoms with van der Waals surface area (Å²) in [6, 6.07) is 14.6. The van der Waals surface area contributed by atoms with Gasteiger partial charge in [-0.05, 0) is 48.5 Å². The Bertz CT molecular complexity index is 1480. The molecule has 6 nitrogen and oxygen atoms in total. The van der Waals surface area contributed by atoms with Crippen LogP contribution in [0.1, 0.15) is 17.2 Å². The molecule has 0 spiro atoms. The molecule has 1 aromatic heterocycles. The van der Waals surface area contributed by atoms with Crippen LogP contribution in [0.3, 0.4) is 0 Å². The van der Waals surface area contributed by atoms with Crippen LogP contribution in [0, 0.1) is 11.6 Å². The molecule has 1 aliphatic rings. The molecule has 1 atom stereocenters.